The van der Waals surface area contributed by atoms with Crippen LogP contribution < -0.4 is 4.90 Å². The van der Waals surface area contributed by atoms with Gasteiger partial charge >= 0.3 is 11.9 Å². The third kappa shape index (κ3) is 4.61. The molecular weight excluding hydrogens is 344 g/mol. The van der Waals surface area contributed by atoms with Gasteiger partial charge in [0, 0.05) is 31.4 Å². The maximum atomic E-state index is 12.0. The van der Waals surface area contributed by atoms with Crippen LogP contribution in [-0.2, 0) is 20.6 Å². The molecule has 1 heterocycles. The number of carbonyl (C=O) groups excluding carboxylic acids is 1. The molecule has 0 bridgehead atoms. The van der Waals surface area contributed by atoms with E-state index in [0.717, 1.165) is 16.8 Å². The maximum absolute atomic E-state index is 12.0. The number of piperazine rings is 1. The highest BCUT2D eigenvalue weighted by Crippen LogP contribution is 2.36. The van der Waals surface area contributed by atoms with Crippen LogP contribution in [0.3, 0.4) is 0 Å². The van der Waals surface area contributed by atoms with E-state index in [9.17, 15) is 14.7 Å². The van der Waals surface area contributed by atoms with Gasteiger partial charge in [0.25, 0.3) is 0 Å². The highest BCUT2D eigenvalue weighted by Gasteiger charge is 2.34. The normalized spacial score (nSPS) is 18.6. The predicted molar refractivity (Wildman–Crippen MR) is 106 cm³/mol. The fraction of sp³-hybridized carbons (Fsp3) is 0.619. The highest BCUT2D eigenvalue weighted by atomic mass is 16.4. The second-order valence-electron chi connectivity index (χ2n) is 8.85. The van der Waals surface area contributed by atoms with Gasteiger partial charge in [-0.3, -0.25) is 4.79 Å². The second-order valence-corrected chi connectivity index (χ2v) is 8.85. The van der Waals surface area contributed by atoms with Gasteiger partial charge in [-0.05, 0) is 42.9 Å². The van der Waals surface area contributed by atoms with Gasteiger partial charge in [0.05, 0.1) is 5.60 Å². The van der Waals surface area contributed by atoms with Crippen molar-refractivity contribution in [2.24, 2.45) is 0 Å². The Kier molecular flexibility index (Phi) is 5.90. The van der Waals surface area contributed by atoms with Crippen LogP contribution in [0.2, 0.25) is 0 Å². The summed E-state index contributed by atoms with van der Waals surface area (Å²) in [5.41, 5.74) is 2.04. The van der Waals surface area contributed by atoms with Gasteiger partial charge in [-0.25, -0.2) is 4.79 Å². The Hall–Kier alpha value is -2.08. The van der Waals surface area contributed by atoms with Crippen LogP contribution in [0.25, 0.3) is 0 Å². The lowest BCUT2D eigenvalue weighted by atomic mass is 9.82. The van der Waals surface area contributed by atoms with E-state index in [1.54, 1.807) is 13.8 Å². The Morgan fingerprint density at radius 1 is 1.15 bits per heavy atom. The molecule has 1 atom stereocenters. The van der Waals surface area contributed by atoms with Crippen molar-refractivity contribution in [3.63, 3.8) is 0 Å². The molecule has 6 heteroatoms. The first-order chi connectivity index (χ1) is 12.4. The molecule has 150 valence electrons. The van der Waals surface area contributed by atoms with Crippen molar-refractivity contribution in [3.05, 3.63) is 29.3 Å². The summed E-state index contributed by atoms with van der Waals surface area (Å²) in [6.45, 7) is 13.5. The number of hydrogen-bond acceptors (Lipinski definition) is 4. The number of benzene rings is 1. The first kappa shape index (κ1) is 21.2. The van der Waals surface area contributed by atoms with Crippen molar-refractivity contribution in [3.8, 4) is 0 Å². The number of carbonyl (C=O) groups is 2. The zero-order chi connectivity index (χ0) is 20.6. The quantitative estimate of drug-likeness (QED) is 0.793. The zero-order valence-corrected chi connectivity index (χ0v) is 17.2. The summed E-state index contributed by atoms with van der Waals surface area (Å²) >= 11 is 0. The van der Waals surface area contributed by atoms with Gasteiger partial charge in [-0.1, -0.05) is 39.8 Å². The molecule has 2 N–H and O–H groups in total. The molecule has 0 radical (unpaired) electrons. The predicted octanol–water partition coefficient (Wildman–Crippen LogP) is 2.72. The monoisotopic (exact) mass is 376 g/mol. The minimum atomic E-state index is -1.40. The summed E-state index contributed by atoms with van der Waals surface area (Å²) in [6, 6.07) is 5.91. The molecule has 1 unspecified atom stereocenters. The Morgan fingerprint density at radius 3 is 2.26 bits per heavy atom. The molecule has 27 heavy (non-hydrogen) atoms. The van der Waals surface area contributed by atoms with Gasteiger partial charge in [0.15, 0.2) is 0 Å². The lowest BCUT2D eigenvalue weighted by Gasteiger charge is -2.43. The molecule has 2 rings (SSSR count). The first-order valence-corrected chi connectivity index (χ1v) is 9.52. The van der Waals surface area contributed by atoms with E-state index in [1.807, 2.05) is 19.1 Å². The Balaban J connectivity index is 2.38. The fourth-order valence-electron chi connectivity index (χ4n) is 3.61. The van der Waals surface area contributed by atoms with Crippen LogP contribution in [0.1, 0.15) is 59.1 Å². The van der Waals surface area contributed by atoms with E-state index >= 15 is 0 Å². The summed E-state index contributed by atoms with van der Waals surface area (Å²) in [5, 5.41) is 19.5. The fourth-order valence-corrected chi connectivity index (χ4v) is 3.61. The third-order valence-corrected chi connectivity index (χ3v) is 5.25. The van der Waals surface area contributed by atoms with Crippen LogP contribution in [0, 0.1) is 0 Å². The lowest BCUT2D eigenvalue weighted by Crippen LogP contribution is -2.56. The van der Waals surface area contributed by atoms with E-state index < -0.39 is 17.5 Å². The minimum absolute atomic E-state index is 0.119. The topological polar surface area (TPSA) is 81.1 Å². The summed E-state index contributed by atoms with van der Waals surface area (Å²) in [4.78, 5) is 26.8. The van der Waals surface area contributed by atoms with Crippen molar-refractivity contribution >= 4 is 17.6 Å². The Morgan fingerprint density at radius 2 is 1.78 bits per heavy atom. The number of hydrogen-bond donors (Lipinski definition) is 2. The molecule has 1 aromatic carbocycles. The van der Waals surface area contributed by atoms with Crippen molar-refractivity contribution in [2.75, 3.05) is 24.5 Å². The van der Waals surface area contributed by atoms with E-state index in [1.165, 1.54) is 4.90 Å². The SMILES string of the molecule is CCC1CN(c2ccc(C(C)(C)O)cc2C(C)(C)C)CCN1C(=O)C(=O)O. The molecule has 1 aliphatic rings. The first-order valence-electron chi connectivity index (χ1n) is 9.52. The number of carboxylic acid groups (broad SMARTS) is 1. The number of aliphatic hydroxyl groups is 1. The van der Waals surface area contributed by atoms with Crippen LogP contribution >= 0.6 is 0 Å². The van der Waals surface area contributed by atoms with E-state index in [2.05, 4.69) is 31.7 Å². The van der Waals surface area contributed by atoms with Crippen LogP contribution in [0.5, 0.6) is 0 Å². The van der Waals surface area contributed by atoms with Gasteiger partial charge < -0.3 is 20.0 Å². The molecule has 1 amide bonds. The van der Waals surface area contributed by atoms with Crippen LogP contribution in [0.15, 0.2) is 18.2 Å². The number of aliphatic carboxylic acids is 1. The van der Waals surface area contributed by atoms with Crippen LogP contribution in [-0.4, -0.2) is 52.7 Å². The van der Waals surface area contributed by atoms with Crippen LogP contribution in [0.4, 0.5) is 5.69 Å². The molecule has 1 aromatic rings. The highest BCUT2D eigenvalue weighted by molar-refractivity contribution is 6.31. The molecule has 1 fully saturated rings. The molecule has 6 nitrogen and oxygen atoms in total. The van der Waals surface area contributed by atoms with E-state index in [-0.39, 0.29) is 11.5 Å². The Labute approximate surface area is 161 Å². The number of rotatable bonds is 3. The number of anilines is 1. The van der Waals surface area contributed by atoms with Crippen molar-refractivity contribution < 1.29 is 19.8 Å². The zero-order valence-electron chi connectivity index (χ0n) is 17.2. The largest absolute Gasteiger partial charge is 0.474 e. The van der Waals surface area contributed by atoms with Gasteiger partial charge in [0.2, 0.25) is 0 Å². The average Bonchev–Trinajstić information content (AvgIpc) is 2.58. The number of carboxylic acids is 1. The summed E-state index contributed by atoms with van der Waals surface area (Å²) in [6.07, 6.45) is 0.697. The van der Waals surface area contributed by atoms with Crippen molar-refractivity contribution in [1.29, 1.82) is 0 Å². The average molecular weight is 376 g/mol. The van der Waals surface area contributed by atoms with Gasteiger partial charge in [-0.2, -0.15) is 0 Å². The second kappa shape index (κ2) is 7.50. The minimum Gasteiger partial charge on any atom is -0.474 e. The molecule has 0 aliphatic carbocycles. The van der Waals surface area contributed by atoms with Crippen molar-refractivity contribution in [2.45, 2.75) is 65.0 Å². The number of nitrogens with zero attached hydrogens (tertiary/aromatic N) is 2. The molecule has 1 aliphatic heterocycles. The standard InChI is InChI=1S/C21H32N2O4/c1-7-15-13-22(10-11-23(15)18(24)19(25)26)17-9-8-14(21(5,6)27)12-16(17)20(2,3)4/h8-9,12,15,27H,7,10-11,13H2,1-6H3,(H,25,26). The van der Waals surface area contributed by atoms with E-state index in [0.29, 0.717) is 26.1 Å². The summed E-state index contributed by atoms with van der Waals surface area (Å²) < 4.78 is 0. The van der Waals surface area contributed by atoms with E-state index in [4.69, 9.17) is 5.11 Å². The van der Waals surface area contributed by atoms with Gasteiger partial charge in [0.1, 0.15) is 0 Å². The number of amides is 1. The smallest absolute Gasteiger partial charge is 0.394 e. The third-order valence-electron chi connectivity index (χ3n) is 5.25. The Bertz CT molecular complexity index is 716. The summed E-state index contributed by atoms with van der Waals surface area (Å²) in [5.74, 6) is -2.22. The molecular formula is C21H32N2O4. The molecule has 1 saturated heterocycles. The molecule has 0 aromatic heterocycles. The molecule has 0 spiro atoms. The maximum Gasteiger partial charge on any atom is 0.394 e. The van der Waals surface area contributed by atoms with Gasteiger partial charge in [-0.15, -0.1) is 0 Å². The summed E-state index contributed by atoms with van der Waals surface area (Å²) in [7, 11) is 0. The van der Waals surface area contributed by atoms with Crippen molar-refractivity contribution in [1.82, 2.24) is 4.90 Å². The molecule has 0 saturated carbocycles. The lowest BCUT2D eigenvalue weighted by molar-refractivity contribution is -0.157.